The van der Waals surface area contributed by atoms with E-state index in [0.29, 0.717) is 0 Å². The fourth-order valence-corrected chi connectivity index (χ4v) is 4.44. The maximum absolute atomic E-state index is 5.51. The van der Waals surface area contributed by atoms with Gasteiger partial charge < -0.3 is 4.98 Å². The zero-order valence-corrected chi connectivity index (χ0v) is 18.3. The van der Waals surface area contributed by atoms with Crippen molar-refractivity contribution in [3.63, 3.8) is 0 Å². The lowest BCUT2D eigenvalue weighted by atomic mass is 9.93. The number of terminal acetylenes is 1. The van der Waals surface area contributed by atoms with E-state index in [-0.39, 0.29) is 0 Å². The summed E-state index contributed by atoms with van der Waals surface area (Å²) < 4.78 is 0. The summed E-state index contributed by atoms with van der Waals surface area (Å²) >= 11 is 0. The van der Waals surface area contributed by atoms with Gasteiger partial charge in [-0.25, -0.2) is 0 Å². The topological polar surface area (TPSA) is 15.8 Å². The first-order valence-electron chi connectivity index (χ1n) is 10.9. The number of nitrogens with one attached hydrogen (secondary N) is 1. The highest BCUT2D eigenvalue weighted by molar-refractivity contribution is 6.17. The quantitative estimate of drug-likeness (QED) is 0.216. The van der Waals surface area contributed by atoms with Crippen molar-refractivity contribution in [1.29, 1.82) is 0 Å². The predicted octanol–water partition coefficient (Wildman–Crippen LogP) is 8.41. The van der Waals surface area contributed by atoms with Gasteiger partial charge in [0, 0.05) is 21.9 Å². The molecule has 0 amide bonds. The van der Waals surface area contributed by atoms with Crippen LogP contribution in [-0.2, 0) is 0 Å². The van der Waals surface area contributed by atoms with E-state index in [1.807, 2.05) is 18.2 Å². The summed E-state index contributed by atoms with van der Waals surface area (Å²) in [7, 11) is 0. The van der Waals surface area contributed by atoms with Crippen molar-refractivity contribution in [1.82, 2.24) is 4.98 Å². The van der Waals surface area contributed by atoms with Gasteiger partial charge in [0.25, 0.3) is 0 Å². The van der Waals surface area contributed by atoms with Crippen LogP contribution in [-0.4, -0.2) is 4.98 Å². The summed E-state index contributed by atoms with van der Waals surface area (Å²) in [5, 5.41) is 2.36. The summed E-state index contributed by atoms with van der Waals surface area (Å²) in [6.07, 6.45) is 13.0. The van der Waals surface area contributed by atoms with E-state index in [1.54, 1.807) is 12.2 Å². The van der Waals surface area contributed by atoms with Crippen molar-refractivity contribution >= 4 is 27.4 Å². The number of benzene rings is 4. The molecule has 1 N–H and O–H groups in total. The number of allylic oxidation sites excluding steroid dienone is 5. The molecule has 156 valence electrons. The van der Waals surface area contributed by atoms with Crippen molar-refractivity contribution in [2.24, 2.45) is 0 Å². The normalized spacial score (nSPS) is 11.8. The van der Waals surface area contributed by atoms with Gasteiger partial charge in [-0.1, -0.05) is 97.4 Å². The third-order valence-electron chi connectivity index (χ3n) is 5.89. The number of hydrogen-bond acceptors (Lipinski definition) is 0. The molecule has 0 aliphatic heterocycles. The highest BCUT2D eigenvalue weighted by atomic mass is 14.7. The van der Waals surface area contributed by atoms with Gasteiger partial charge in [0.05, 0.1) is 5.52 Å². The number of H-pyrrole nitrogens is 1. The lowest BCUT2D eigenvalue weighted by Gasteiger charge is -2.10. The van der Waals surface area contributed by atoms with Crippen molar-refractivity contribution < 1.29 is 0 Å². The third kappa shape index (κ3) is 3.80. The predicted molar refractivity (Wildman–Crippen MR) is 143 cm³/mol. The smallest absolute Gasteiger partial charge is 0.0545 e. The Morgan fingerprint density at radius 1 is 0.818 bits per heavy atom. The van der Waals surface area contributed by atoms with Gasteiger partial charge in [-0.05, 0) is 58.2 Å². The Bertz CT molecular complexity index is 1560. The molecular weight excluding hydrogens is 398 g/mol. The zero-order valence-electron chi connectivity index (χ0n) is 18.3. The number of rotatable bonds is 5. The number of hydrogen-bond donors (Lipinski definition) is 1. The second-order valence-electron chi connectivity index (χ2n) is 7.89. The first-order valence-corrected chi connectivity index (χ1v) is 10.9. The molecule has 33 heavy (non-hydrogen) atoms. The largest absolute Gasteiger partial charge is 0.354 e. The highest BCUT2D eigenvalue weighted by Crippen LogP contribution is 2.40. The molecule has 4 aromatic carbocycles. The van der Waals surface area contributed by atoms with Crippen molar-refractivity contribution in [2.45, 2.75) is 0 Å². The van der Waals surface area contributed by atoms with Gasteiger partial charge in [-0.3, -0.25) is 0 Å². The molecule has 0 unspecified atom stereocenters. The molecule has 5 aromatic rings. The zero-order chi connectivity index (χ0) is 22.6. The van der Waals surface area contributed by atoms with E-state index >= 15 is 0 Å². The van der Waals surface area contributed by atoms with Crippen molar-refractivity contribution in [3.8, 4) is 34.6 Å². The molecule has 5 rings (SSSR count). The van der Waals surface area contributed by atoms with Gasteiger partial charge in [0.15, 0.2) is 0 Å². The third-order valence-corrected chi connectivity index (χ3v) is 5.89. The van der Waals surface area contributed by atoms with Crippen LogP contribution in [0.3, 0.4) is 0 Å². The molecule has 0 radical (unpaired) electrons. The number of aromatic nitrogens is 1. The summed E-state index contributed by atoms with van der Waals surface area (Å²) in [6.45, 7) is 3.90. The number of aromatic amines is 1. The molecule has 0 bridgehead atoms. The molecular formula is C32H23N. The van der Waals surface area contributed by atoms with E-state index < -0.39 is 0 Å². The highest BCUT2D eigenvalue weighted by Gasteiger charge is 2.16. The average molecular weight is 422 g/mol. The van der Waals surface area contributed by atoms with E-state index in [1.165, 1.54) is 33.0 Å². The monoisotopic (exact) mass is 421 g/mol. The minimum Gasteiger partial charge on any atom is -0.354 e. The van der Waals surface area contributed by atoms with Crippen LogP contribution >= 0.6 is 0 Å². The van der Waals surface area contributed by atoms with Crippen molar-refractivity contribution in [2.75, 3.05) is 0 Å². The average Bonchev–Trinajstić information content (AvgIpc) is 3.26. The molecule has 1 aromatic heterocycles. The number of fused-ring (bicyclic) bond motifs is 3. The van der Waals surface area contributed by atoms with Crippen LogP contribution in [0.15, 0.2) is 122 Å². The maximum Gasteiger partial charge on any atom is 0.0545 e. The summed E-state index contributed by atoms with van der Waals surface area (Å²) in [5.41, 5.74) is 9.11. The Hall–Kier alpha value is -4.54. The molecule has 0 aliphatic carbocycles. The molecule has 0 aliphatic rings. The Morgan fingerprint density at radius 2 is 1.55 bits per heavy atom. The molecule has 1 heterocycles. The van der Waals surface area contributed by atoms with E-state index in [2.05, 4.69) is 102 Å². The lowest BCUT2D eigenvalue weighted by Crippen LogP contribution is -1.86. The molecule has 1 nitrogen and oxygen atoms in total. The van der Waals surface area contributed by atoms with E-state index in [9.17, 15) is 0 Å². The van der Waals surface area contributed by atoms with Crippen molar-refractivity contribution in [3.05, 3.63) is 127 Å². The van der Waals surface area contributed by atoms with Crippen LogP contribution in [0.1, 0.15) is 5.56 Å². The van der Waals surface area contributed by atoms with Gasteiger partial charge in [0.2, 0.25) is 0 Å². The second kappa shape index (κ2) is 8.91. The Morgan fingerprint density at radius 3 is 2.24 bits per heavy atom. The van der Waals surface area contributed by atoms with Gasteiger partial charge in [-0.2, -0.15) is 0 Å². The van der Waals surface area contributed by atoms with Gasteiger partial charge >= 0.3 is 0 Å². The first-order chi connectivity index (χ1) is 16.3. The minimum atomic E-state index is 1.03. The Kier molecular flexibility index (Phi) is 5.50. The minimum absolute atomic E-state index is 1.03. The van der Waals surface area contributed by atoms with Crippen LogP contribution in [0.25, 0.3) is 49.6 Å². The molecule has 0 spiro atoms. The molecule has 0 saturated heterocycles. The van der Waals surface area contributed by atoms with Crippen LogP contribution < -0.4 is 0 Å². The van der Waals surface area contributed by atoms with Crippen LogP contribution in [0, 0.1) is 12.3 Å². The lowest BCUT2D eigenvalue weighted by molar-refractivity contribution is 1.53. The molecule has 0 saturated carbocycles. The maximum atomic E-state index is 5.51. The summed E-state index contributed by atoms with van der Waals surface area (Å²) in [6, 6.07) is 32.0. The molecule has 0 atom stereocenters. The van der Waals surface area contributed by atoms with Gasteiger partial charge in [-0.15, -0.1) is 6.42 Å². The molecule has 0 fully saturated rings. The first kappa shape index (κ1) is 20.4. The SMILES string of the molecule is C#C/C=C\C(=C/C=C)c1cccc2[nH]c3c(-c4ccccc4)cc(-c4ccccc4)cc3c12. The Labute approximate surface area is 194 Å². The fourth-order valence-electron chi connectivity index (χ4n) is 4.44. The van der Waals surface area contributed by atoms with Crippen LogP contribution in [0.5, 0.6) is 0 Å². The van der Waals surface area contributed by atoms with Crippen LogP contribution in [0.4, 0.5) is 0 Å². The standard InChI is InChI=1S/C32H23N/c1-3-5-14-24(13-4-2)27-19-12-20-30-31(27)29-22-26(23-15-8-6-9-16-23)21-28(32(29)33-30)25-17-10-7-11-18-25/h1,4-22,33H,2H2/b14-5-,24-13+. The van der Waals surface area contributed by atoms with Crippen LogP contribution in [0.2, 0.25) is 0 Å². The fraction of sp³-hybridized carbons (Fsp3) is 0. The van der Waals surface area contributed by atoms with E-state index in [4.69, 9.17) is 6.42 Å². The molecule has 1 heteroatoms. The second-order valence-corrected chi connectivity index (χ2v) is 7.89. The van der Waals surface area contributed by atoms with Gasteiger partial charge in [0.1, 0.15) is 0 Å². The van der Waals surface area contributed by atoms with E-state index in [0.717, 1.165) is 22.2 Å². The Balaban J connectivity index is 1.90. The summed E-state index contributed by atoms with van der Waals surface area (Å²) in [4.78, 5) is 3.70. The summed E-state index contributed by atoms with van der Waals surface area (Å²) in [5.74, 6) is 2.60.